The molecule has 0 aliphatic heterocycles. The molecule has 0 saturated heterocycles. The van der Waals surface area contributed by atoms with Crippen molar-refractivity contribution in [2.45, 2.75) is 0 Å². The number of nitrogens with zero attached hydrogens (tertiary/aromatic N) is 5. The summed E-state index contributed by atoms with van der Waals surface area (Å²) in [6, 6.07) is 52.2. The van der Waals surface area contributed by atoms with Crippen LogP contribution in [-0.4, -0.2) is 24.5 Å². The Hall–Kier alpha value is -6.92. The van der Waals surface area contributed by atoms with E-state index in [1.165, 1.54) is 5.39 Å². The minimum atomic E-state index is 0.559. The van der Waals surface area contributed by atoms with Gasteiger partial charge in [-0.1, -0.05) is 91.0 Å². The minimum absolute atomic E-state index is 0.559. The van der Waals surface area contributed by atoms with E-state index in [2.05, 4.69) is 107 Å². The number of hydrogen-bond acceptors (Lipinski definition) is 5. The van der Waals surface area contributed by atoms with Crippen molar-refractivity contribution >= 4 is 43.7 Å². The molecule has 0 amide bonds. The smallest absolute Gasteiger partial charge is 0.165 e. The predicted molar refractivity (Wildman–Crippen MR) is 201 cm³/mol. The molecule has 0 atom stereocenters. The molecule has 0 N–H and O–H groups in total. The molecule has 6 aromatic carbocycles. The average molecular weight is 642 g/mol. The molecule has 0 aliphatic carbocycles. The zero-order valence-electron chi connectivity index (χ0n) is 26.7. The first-order chi connectivity index (χ1) is 24.8. The third kappa shape index (κ3) is 4.65. The van der Waals surface area contributed by atoms with Crippen LogP contribution in [0.25, 0.3) is 94.7 Å². The zero-order valence-corrected chi connectivity index (χ0v) is 26.7. The summed E-state index contributed by atoms with van der Waals surface area (Å²) in [7, 11) is 0. The molecular formula is C44H27N5O. The lowest BCUT2D eigenvalue weighted by Crippen LogP contribution is -2.00. The van der Waals surface area contributed by atoms with Crippen LogP contribution in [0.3, 0.4) is 0 Å². The third-order valence-electron chi connectivity index (χ3n) is 9.32. The van der Waals surface area contributed by atoms with Crippen molar-refractivity contribution in [3.63, 3.8) is 0 Å². The molecule has 6 nitrogen and oxygen atoms in total. The maximum atomic E-state index is 6.59. The molecule has 234 valence electrons. The van der Waals surface area contributed by atoms with E-state index in [-0.39, 0.29) is 0 Å². The first-order valence-corrected chi connectivity index (χ1v) is 16.5. The van der Waals surface area contributed by atoms with Gasteiger partial charge in [0.05, 0.1) is 11.0 Å². The summed E-state index contributed by atoms with van der Waals surface area (Å²) in [6.45, 7) is 0. The standard InChI is InChI=1S/C44H27N5O/c1-3-11-28(12-4-1)29-13-9-14-30(23-29)42-46-43(48-44(47-42)32-15-10-22-45-27-32)31-20-21-35-37-25-39-36(26-41(37)50-40(35)24-31)34-18-7-8-19-38(34)49(39)33-16-5-2-6-17-33/h1-27H. The molecular weight excluding hydrogens is 615 g/mol. The van der Waals surface area contributed by atoms with Gasteiger partial charge in [0.2, 0.25) is 0 Å². The maximum absolute atomic E-state index is 6.59. The van der Waals surface area contributed by atoms with Gasteiger partial charge in [0, 0.05) is 56.3 Å². The first kappa shape index (κ1) is 28.1. The molecule has 0 aliphatic rings. The van der Waals surface area contributed by atoms with E-state index in [9.17, 15) is 0 Å². The zero-order chi connectivity index (χ0) is 33.0. The second-order valence-corrected chi connectivity index (χ2v) is 12.4. The Morgan fingerprint density at radius 1 is 0.400 bits per heavy atom. The van der Waals surface area contributed by atoms with E-state index < -0.39 is 0 Å². The van der Waals surface area contributed by atoms with Gasteiger partial charge in [-0.2, -0.15) is 0 Å². The number of aromatic nitrogens is 5. The van der Waals surface area contributed by atoms with E-state index in [0.717, 1.165) is 71.9 Å². The quantitative estimate of drug-likeness (QED) is 0.187. The summed E-state index contributed by atoms with van der Waals surface area (Å²) < 4.78 is 8.92. The number of fused-ring (bicyclic) bond motifs is 6. The highest BCUT2D eigenvalue weighted by Crippen LogP contribution is 2.39. The number of benzene rings is 6. The largest absolute Gasteiger partial charge is 0.456 e. The van der Waals surface area contributed by atoms with Crippen LogP contribution in [0.5, 0.6) is 0 Å². The molecule has 10 aromatic rings. The summed E-state index contributed by atoms with van der Waals surface area (Å²) in [5.41, 5.74) is 9.83. The molecule has 0 bridgehead atoms. The van der Waals surface area contributed by atoms with Crippen LogP contribution in [-0.2, 0) is 0 Å². The van der Waals surface area contributed by atoms with Crippen LogP contribution in [0.1, 0.15) is 0 Å². The van der Waals surface area contributed by atoms with Crippen LogP contribution < -0.4 is 0 Å². The normalized spacial score (nSPS) is 11.6. The molecule has 4 heterocycles. The molecule has 0 unspecified atom stereocenters. The summed E-state index contributed by atoms with van der Waals surface area (Å²) >= 11 is 0. The monoisotopic (exact) mass is 641 g/mol. The Bertz CT molecular complexity index is 2860. The molecule has 4 aromatic heterocycles. The topological polar surface area (TPSA) is 69.6 Å². The van der Waals surface area contributed by atoms with Crippen LogP contribution in [0.2, 0.25) is 0 Å². The Morgan fingerprint density at radius 3 is 1.86 bits per heavy atom. The van der Waals surface area contributed by atoms with E-state index in [4.69, 9.17) is 19.4 Å². The van der Waals surface area contributed by atoms with Crippen molar-refractivity contribution in [1.82, 2.24) is 24.5 Å². The fourth-order valence-electron chi connectivity index (χ4n) is 6.96. The van der Waals surface area contributed by atoms with Crippen molar-refractivity contribution < 1.29 is 4.42 Å². The van der Waals surface area contributed by atoms with Crippen molar-refractivity contribution in [3.05, 3.63) is 164 Å². The number of pyridine rings is 1. The highest BCUT2D eigenvalue weighted by atomic mass is 16.3. The van der Waals surface area contributed by atoms with Gasteiger partial charge in [0.1, 0.15) is 11.2 Å². The second-order valence-electron chi connectivity index (χ2n) is 12.4. The Kier molecular flexibility index (Phi) is 6.39. The van der Waals surface area contributed by atoms with Gasteiger partial charge < -0.3 is 8.98 Å². The van der Waals surface area contributed by atoms with Crippen molar-refractivity contribution in [2.24, 2.45) is 0 Å². The number of furan rings is 1. The predicted octanol–water partition coefficient (Wildman–Crippen LogP) is 10.9. The molecule has 0 saturated carbocycles. The van der Waals surface area contributed by atoms with Gasteiger partial charge in [-0.25, -0.2) is 15.0 Å². The van der Waals surface area contributed by atoms with Crippen LogP contribution in [0.15, 0.2) is 168 Å². The summed E-state index contributed by atoms with van der Waals surface area (Å²) in [5, 5.41) is 4.43. The maximum Gasteiger partial charge on any atom is 0.165 e. The van der Waals surface area contributed by atoms with Crippen LogP contribution in [0.4, 0.5) is 0 Å². The first-order valence-electron chi connectivity index (χ1n) is 16.5. The van der Waals surface area contributed by atoms with E-state index >= 15 is 0 Å². The fraction of sp³-hybridized carbons (Fsp3) is 0. The number of para-hydroxylation sites is 2. The van der Waals surface area contributed by atoms with Gasteiger partial charge in [0.25, 0.3) is 0 Å². The highest BCUT2D eigenvalue weighted by molar-refractivity contribution is 6.17. The van der Waals surface area contributed by atoms with Gasteiger partial charge in [-0.05, 0) is 71.8 Å². The molecule has 50 heavy (non-hydrogen) atoms. The fourth-order valence-corrected chi connectivity index (χ4v) is 6.96. The Labute approximate surface area is 287 Å². The van der Waals surface area contributed by atoms with Gasteiger partial charge in [-0.3, -0.25) is 4.98 Å². The van der Waals surface area contributed by atoms with E-state index in [0.29, 0.717) is 17.5 Å². The summed E-state index contributed by atoms with van der Waals surface area (Å²) in [4.78, 5) is 19.2. The van der Waals surface area contributed by atoms with Crippen molar-refractivity contribution in [3.8, 4) is 51.0 Å². The van der Waals surface area contributed by atoms with Gasteiger partial charge in [0.15, 0.2) is 17.5 Å². The Morgan fingerprint density at radius 2 is 1.06 bits per heavy atom. The summed E-state index contributed by atoms with van der Waals surface area (Å²) in [6.07, 6.45) is 3.53. The lowest BCUT2D eigenvalue weighted by Gasteiger charge is -2.09. The molecule has 6 heteroatoms. The minimum Gasteiger partial charge on any atom is -0.456 e. The highest BCUT2D eigenvalue weighted by Gasteiger charge is 2.18. The molecule has 0 radical (unpaired) electrons. The van der Waals surface area contributed by atoms with Crippen molar-refractivity contribution in [2.75, 3.05) is 0 Å². The van der Waals surface area contributed by atoms with Gasteiger partial charge >= 0.3 is 0 Å². The number of rotatable bonds is 5. The van der Waals surface area contributed by atoms with Gasteiger partial charge in [-0.15, -0.1) is 0 Å². The molecule has 0 spiro atoms. The second kappa shape index (κ2) is 11.4. The van der Waals surface area contributed by atoms with E-state index in [1.54, 1.807) is 12.4 Å². The Balaban J connectivity index is 1.14. The lowest BCUT2D eigenvalue weighted by atomic mass is 10.0. The third-order valence-corrected chi connectivity index (χ3v) is 9.32. The van der Waals surface area contributed by atoms with Crippen LogP contribution in [0, 0.1) is 0 Å². The summed E-state index contributed by atoms with van der Waals surface area (Å²) in [5.74, 6) is 1.71. The molecule has 10 rings (SSSR count). The van der Waals surface area contributed by atoms with E-state index in [1.807, 2.05) is 54.6 Å². The van der Waals surface area contributed by atoms with Crippen molar-refractivity contribution in [1.29, 1.82) is 0 Å². The molecule has 0 fully saturated rings. The number of hydrogen-bond donors (Lipinski definition) is 0. The lowest BCUT2D eigenvalue weighted by molar-refractivity contribution is 0.669. The van der Waals surface area contributed by atoms with Crippen LogP contribution >= 0.6 is 0 Å². The SMILES string of the molecule is c1ccc(-c2cccc(-c3nc(-c4cccnc4)nc(-c4ccc5c(c4)oc4cc6c7ccccc7n(-c7ccccc7)c6cc45)n3)c2)cc1. The average Bonchev–Trinajstić information content (AvgIpc) is 3.72.